The predicted molar refractivity (Wildman–Crippen MR) is 67.6 cm³/mol. The smallest absolute Gasteiger partial charge is 0.322 e. The highest BCUT2D eigenvalue weighted by atomic mass is 35.5. The molecule has 0 saturated carbocycles. The van der Waals surface area contributed by atoms with Gasteiger partial charge in [-0.05, 0) is 24.6 Å². The summed E-state index contributed by atoms with van der Waals surface area (Å²) in [7, 11) is 0. The average Bonchev–Trinajstić information content (AvgIpc) is 2.35. The van der Waals surface area contributed by atoms with Gasteiger partial charge in [0.2, 0.25) is 0 Å². The molecule has 17 heavy (non-hydrogen) atoms. The Hall–Kier alpha value is -1.26. The number of anilines is 1. The van der Waals surface area contributed by atoms with Crippen molar-refractivity contribution in [3.8, 4) is 0 Å². The number of rotatable bonds is 1. The van der Waals surface area contributed by atoms with Gasteiger partial charge < -0.3 is 15.0 Å². The zero-order chi connectivity index (χ0) is 12.3. The Kier molecular flexibility index (Phi) is 3.86. The lowest BCUT2D eigenvalue weighted by Gasteiger charge is -2.27. The van der Waals surface area contributed by atoms with Crippen LogP contribution in [0.25, 0.3) is 0 Å². The van der Waals surface area contributed by atoms with E-state index in [2.05, 4.69) is 5.32 Å². The zero-order valence-corrected chi connectivity index (χ0v) is 10.5. The average molecular weight is 255 g/mol. The van der Waals surface area contributed by atoms with Gasteiger partial charge >= 0.3 is 6.03 Å². The molecule has 4 nitrogen and oxygen atoms in total. The second-order valence-corrected chi connectivity index (χ2v) is 4.42. The van der Waals surface area contributed by atoms with Crippen LogP contribution >= 0.6 is 11.6 Å². The minimum atomic E-state index is -0.124. The van der Waals surface area contributed by atoms with Gasteiger partial charge in [-0.1, -0.05) is 17.7 Å². The Morgan fingerprint density at radius 2 is 2.12 bits per heavy atom. The van der Waals surface area contributed by atoms with Crippen LogP contribution in [0.1, 0.15) is 5.56 Å². The number of morpholine rings is 1. The number of benzene rings is 1. The molecule has 5 heteroatoms. The van der Waals surface area contributed by atoms with Gasteiger partial charge in [-0.2, -0.15) is 0 Å². The fourth-order valence-electron chi connectivity index (χ4n) is 1.70. The molecule has 1 aromatic carbocycles. The third-order valence-corrected chi connectivity index (χ3v) is 2.99. The highest BCUT2D eigenvalue weighted by molar-refractivity contribution is 6.33. The van der Waals surface area contributed by atoms with Crippen molar-refractivity contribution in [2.75, 3.05) is 31.6 Å². The predicted octanol–water partition coefficient (Wildman–Crippen LogP) is 2.51. The Labute approximate surface area is 106 Å². The largest absolute Gasteiger partial charge is 0.378 e. The summed E-state index contributed by atoms with van der Waals surface area (Å²) in [5.74, 6) is 0. The van der Waals surface area contributed by atoms with Crippen LogP contribution in [0.3, 0.4) is 0 Å². The van der Waals surface area contributed by atoms with E-state index in [0.717, 1.165) is 5.56 Å². The molecular weight excluding hydrogens is 240 g/mol. The molecule has 1 aliphatic rings. The van der Waals surface area contributed by atoms with Gasteiger partial charge in [-0.15, -0.1) is 0 Å². The van der Waals surface area contributed by atoms with E-state index in [9.17, 15) is 4.79 Å². The number of halogens is 1. The molecule has 1 aromatic rings. The number of urea groups is 1. The molecule has 0 unspecified atom stereocenters. The third kappa shape index (κ3) is 3.11. The molecular formula is C12H15ClN2O2. The van der Waals surface area contributed by atoms with Crippen molar-refractivity contribution in [2.24, 2.45) is 0 Å². The summed E-state index contributed by atoms with van der Waals surface area (Å²) >= 11 is 6.02. The maximum absolute atomic E-state index is 11.9. The van der Waals surface area contributed by atoms with Crippen molar-refractivity contribution in [3.05, 3.63) is 28.8 Å². The minimum Gasteiger partial charge on any atom is -0.378 e. The third-order valence-electron chi connectivity index (χ3n) is 2.66. The maximum atomic E-state index is 11.9. The van der Waals surface area contributed by atoms with Gasteiger partial charge in [-0.25, -0.2) is 4.79 Å². The van der Waals surface area contributed by atoms with Crippen LogP contribution in [-0.2, 0) is 4.74 Å². The van der Waals surface area contributed by atoms with Crippen molar-refractivity contribution >= 4 is 23.3 Å². The molecule has 1 fully saturated rings. The molecule has 1 N–H and O–H groups in total. The van der Waals surface area contributed by atoms with E-state index in [1.807, 2.05) is 19.1 Å². The summed E-state index contributed by atoms with van der Waals surface area (Å²) in [6, 6.07) is 5.43. The lowest BCUT2D eigenvalue weighted by Crippen LogP contribution is -2.43. The quantitative estimate of drug-likeness (QED) is 0.837. The number of amides is 2. The molecule has 0 spiro atoms. The first-order valence-corrected chi connectivity index (χ1v) is 5.94. The first-order valence-electron chi connectivity index (χ1n) is 5.56. The zero-order valence-electron chi connectivity index (χ0n) is 9.70. The molecule has 1 heterocycles. The second-order valence-electron chi connectivity index (χ2n) is 4.01. The number of hydrogen-bond acceptors (Lipinski definition) is 2. The molecule has 0 aliphatic carbocycles. The number of nitrogens with one attached hydrogen (secondary N) is 1. The number of ether oxygens (including phenoxy) is 1. The summed E-state index contributed by atoms with van der Waals surface area (Å²) in [5, 5.41) is 3.37. The lowest BCUT2D eigenvalue weighted by atomic mass is 10.2. The van der Waals surface area contributed by atoms with Crippen LogP contribution in [0.15, 0.2) is 18.2 Å². The van der Waals surface area contributed by atoms with E-state index in [1.165, 1.54) is 0 Å². The monoisotopic (exact) mass is 254 g/mol. The highest BCUT2D eigenvalue weighted by Crippen LogP contribution is 2.23. The summed E-state index contributed by atoms with van der Waals surface area (Å²) in [5.41, 5.74) is 1.72. The number of aryl methyl sites for hydroxylation is 1. The Balaban J connectivity index is 2.04. The standard InChI is InChI=1S/C12H15ClN2O2/c1-9-2-3-10(13)11(8-9)14-12(16)15-4-6-17-7-5-15/h2-3,8H,4-7H2,1H3,(H,14,16). The molecule has 1 aliphatic heterocycles. The van der Waals surface area contributed by atoms with Crippen LogP contribution < -0.4 is 5.32 Å². The number of hydrogen-bond donors (Lipinski definition) is 1. The van der Waals surface area contributed by atoms with E-state index in [4.69, 9.17) is 16.3 Å². The Morgan fingerprint density at radius 3 is 2.82 bits per heavy atom. The second kappa shape index (κ2) is 5.38. The first kappa shape index (κ1) is 12.2. The topological polar surface area (TPSA) is 41.6 Å². The summed E-state index contributed by atoms with van der Waals surface area (Å²) in [6.07, 6.45) is 0. The van der Waals surface area contributed by atoms with E-state index in [0.29, 0.717) is 37.0 Å². The fourth-order valence-corrected chi connectivity index (χ4v) is 1.86. The van der Waals surface area contributed by atoms with Gasteiger partial charge in [-0.3, -0.25) is 0 Å². The van der Waals surface area contributed by atoms with Crippen molar-refractivity contribution in [1.29, 1.82) is 0 Å². The van der Waals surface area contributed by atoms with Gasteiger partial charge in [0.15, 0.2) is 0 Å². The molecule has 92 valence electrons. The normalized spacial score (nSPS) is 15.8. The van der Waals surface area contributed by atoms with E-state index in [1.54, 1.807) is 11.0 Å². The molecule has 0 radical (unpaired) electrons. The van der Waals surface area contributed by atoms with E-state index >= 15 is 0 Å². The van der Waals surface area contributed by atoms with Crippen LogP contribution in [0.2, 0.25) is 5.02 Å². The molecule has 0 atom stereocenters. The lowest BCUT2D eigenvalue weighted by molar-refractivity contribution is 0.0564. The summed E-state index contributed by atoms with van der Waals surface area (Å²) in [6.45, 7) is 4.38. The number of carbonyl (C=O) groups is 1. The van der Waals surface area contributed by atoms with Gasteiger partial charge in [0.1, 0.15) is 0 Å². The summed E-state index contributed by atoms with van der Waals surface area (Å²) in [4.78, 5) is 13.7. The molecule has 2 rings (SSSR count). The SMILES string of the molecule is Cc1ccc(Cl)c(NC(=O)N2CCOCC2)c1. The van der Waals surface area contributed by atoms with Crippen LogP contribution in [0, 0.1) is 6.92 Å². The van der Waals surface area contributed by atoms with Crippen molar-refractivity contribution < 1.29 is 9.53 Å². The van der Waals surface area contributed by atoms with E-state index < -0.39 is 0 Å². The molecule has 0 bridgehead atoms. The van der Waals surface area contributed by atoms with Crippen LogP contribution in [0.5, 0.6) is 0 Å². The van der Waals surface area contributed by atoms with E-state index in [-0.39, 0.29) is 6.03 Å². The van der Waals surface area contributed by atoms with Crippen LogP contribution in [-0.4, -0.2) is 37.2 Å². The van der Waals surface area contributed by atoms with Gasteiger partial charge in [0.05, 0.1) is 23.9 Å². The minimum absolute atomic E-state index is 0.124. The highest BCUT2D eigenvalue weighted by Gasteiger charge is 2.17. The Morgan fingerprint density at radius 1 is 1.41 bits per heavy atom. The van der Waals surface area contributed by atoms with Gasteiger partial charge in [0.25, 0.3) is 0 Å². The van der Waals surface area contributed by atoms with Crippen LogP contribution in [0.4, 0.5) is 10.5 Å². The Bertz CT molecular complexity index is 417. The number of nitrogens with zero attached hydrogens (tertiary/aromatic N) is 1. The van der Waals surface area contributed by atoms with Gasteiger partial charge in [0, 0.05) is 13.1 Å². The van der Waals surface area contributed by atoms with Crippen molar-refractivity contribution in [3.63, 3.8) is 0 Å². The molecule has 0 aromatic heterocycles. The summed E-state index contributed by atoms with van der Waals surface area (Å²) < 4.78 is 5.20. The first-order chi connectivity index (χ1) is 8.16. The van der Waals surface area contributed by atoms with Crippen molar-refractivity contribution in [1.82, 2.24) is 4.90 Å². The molecule has 2 amide bonds. The maximum Gasteiger partial charge on any atom is 0.322 e. The fraction of sp³-hybridized carbons (Fsp3) is 0.417. The molecule has 1 saturated heterocycles. The number of carbonyl (C=O) groups excluding carboxylic acids is 1. The van der Waals surface area contributed by atoms with Crippen molar-refractivity contribution in [2.45, 2.75) is 6.92 Å².